The van der Waals surface area contributed by atoms with Crippen molar-refractivity contribution in [3.05, 3.63) is 0 Å². The number of rotatable bonds is 1. The first-order chi connectivity index (χ1) is 6.63. The Morgan fingerprint density at radius 3 is 2.43 bits per heavy atom. The zero-order chi connectivity index (χ0) is 10.2. The molecule has 2 N–H and O–H groups in total. The van der Waals surface area contributed by atoms with Gasteiger partial charge in [0, 0.05) is 24.9 Å². The van der Waals surface area contributed by atoms with E-state index in [-0.39, 0.29) is 11.8 Å². The molecule has 2 fully saturated rings. The first-order valence-electron chi connectivity index (χ1n) is 5.33. The molecule has 82 valence electrons. The molecule has 1 saturated heterocycles. The van der Waals surface area contributed by atoms with Crippen LogP contribution in [-0.2, 0) is 9.47 Å². The normalized spacial score (nSPS) is 36.9. The van der Waals surface area contributed by atoms with Crippen LogP contribution in [0.25, 0.3) is 0 Å². The van der Waals surface area contributed by atoms with Crippen molar-refractivity contribution in [2.45, 2.75) is 37.1 Å². The zero-order valence-electron chi connectivity index (χ0n) is 9.03. The second-order valence-corrected chi connectivity index (χ2v) is 4.55. The summed E-state index contributed by atoms with van der Waals surface area (Å²) in [5.41, 5.74) is 6.13. The molecule has 1 spiro atoms. The highest BCUT2D eigenvalue weighted by molar-refractivity contribution is 4.93. The molecule has 2 rings (SSSR count). The quantitative estimate of drug-likeness (QED) is 0.655. The predicted molar refractivity (Wildman–Crippen MR) is 53.9 cm³/mol. The van der Waals surface area contributed by atoms with Crippen molar-refractivity contribution in [2.75, 3.05) is 27.3 Å². The third-order valence-electron chi connectivity index (χ3n) is 3.34. The number of nitrogens with zero attached hydrogens (tertiary/aromatic N) is 1. The first-order valence-corrected chi connectivity index (χ1v) is 5.33. The fourth-order valence-corrected chi connectivity index (χ4v) is 2.58. The van der Waals surface area contributed by atoms with Crippen LogP contribution in [-0.4, -0.2) is 50.1 Å². The molecule has 0 aromatic rings. The van der Waals surface area contributed by atoms with Crippen LogP contribution in [0, 0.1) is 0 Å². The van der Waals surface area contributed by atoms with Gasteiger partial charge in [-0.3, -0.25) is 0 Å². The molecule has 1 aliphatic carbocycles. The zero-order valence-corrected chi connectivity index (χ0v) is 9.03. The van der Waals surface area contributed by atoms with E-state index in [1.54, 1.807) is 0 Å². The van der Waals surface area contributed by atoms with Crippen LogP contribution in [0.3, 0.4) is 0 Å². The Morgan fingerprint density at radius 2 is 1.93 bits per heavy atom. The van der Waals surface area contributed by atoms with E-state index < -0.39 is 0 Å². The summed E-state index contributed by atoms with van der Waals surface area (Å²) >= 11 is 0. The number of nitrogens with two attached hydrogens (primary N) is 1. The standard InChI is InChI=1S/C10H20N2O2/c1-12(2)9-3-4-10(7-8(9)11)13-5-6-14-10/h8-9H,3-7,11H2,1-2H3/t8-,9-/m0/s1. The van der Waals surface area contributed by atoms with Crippen LogP contribution in [0.1, 0.15) is 19.3 Å². The fraction of sp³-hybridized carbons (Fsp3) is 1.00. The highest BCUT2D eigenvalue weighted by Crippen LogP contribution is 2.36. The van der Waals surface area contributed by atoms with E-state index in [0.29, 0.717) is 6.04 Å². The summed E-state index contributed by atoms with van der Waals surface area (Å²) in [4.78, 5) is 2.20. The Morgan fingerprint density at radius 1 is 1.29 bits per heavy atom. The second kappa shape index (κ2) is 3.77. The average molecular weight is 200 g/mol. The number of ether oxygens (including phenoxy) is 2. The molecule has 0 aromatic heterocycles. The van der Waals surface area contributed by atoms with E-state index in [1.165, 1.54) is 0 Å². The molecule has 0 aromatic carbocycles. The third kappa shape index (κ3) is 1.80. The fourth-order valence-electron chi connectivity index (χ4n) is 2.58. The molecule has 1 saturated carbocycles. The minimum atomic E-state index is -0.341. The van der Waals surface area contributed by atoms with Crippen molar-refractivity contribution < 1.29 is 9.47 Å². The van der Waals surface area contributed by atoms with Crippen molar-refractivity contribution in [1.82, 2.24) is 4.90 Å². The Hall–Kier alpha value is -0.160. The summed E-state index contributed by atoms with van der Waals surface area (Å²) in [5.74, 6) is -0.341. The summed E-state index contributed by atoms with van der Waals surface area (Å²) in [6.07, 6.45) is 2.87. The molecule has 1 aliphatic heterocycles. The number of hydrogen-bond donors (Lipinski definition) is 1. The summed E-state index contributed by atoms with van der Waals surface area (Å²) in [5, 5.41) is 0. The molecule has 2 aliphatic rings. The van der Waals surface area contributed by atoms with Gasteiger partial charge in [-0.15, -0.1) is 0 Å². The lowest BCUT2D eigenvalue weighted by atomic mass is 9.85. The molecule has 4 heteroatoms. The minimum absolute atomic E-state index is 0.164. The van der Waals surface area contributed by atoms with Gasteiger partial charge in [-0.05, 0) is 20.5 Å². The van der Waals surface area contributed by atoms with Crippen molar-refractivity contribution in [3.8, 4) is 0 Å². The Labute approximate surface area is 85.3 Å². The molecule has 14 heavy (non-hydrogen) atoms. The third-order valence-corrected chi connectivity index (χ3v) is 3.34. The SMILES string of the molecule is CN(C)[C@H]1CCC2(C[C@@H]1N)OCCO2. The summed E-state index contributed by atoms with van der Waals surface area (Å²) < 4.78 is 11.3. The van der Waals surface area contributed by atoms with E-state index in [4.69, 9.17) is 15.2 Å². The van der Waals surface area contributed by atoms with Crippen LogP contribution in [0.5, 0.6) is 0 Å². The van der Waals surface area contributed by atoms with Gasteiger partial charge < -0.3 is 20.1 Å². The molecular weight excluding hydrogens is 180 g/mol. The maximum atomic E-state index is 6.13. The number of likely N-dealkylation sites (N-methyl/N-ethyl adjacent to an activating group) is 1. The molecular formula is C10H20N2O2. The van der Waals surface area contributed by atoms with Gasteiger partial charge in [-0.25, -0.2) is 0 Å². The molecule has 0 amide bonds. The van der Waals surface area contributed by atoms with Crippen LogP contribution < -0.4 is 5.73 Å². The van der Waals surface area contributed by atoms with E-state index in [2.05, 4.69) is 19.0 Å². The van der Waals surface area contributed by atoms with E-state index in [9.17, 15) is 0 Å². The van der Waals surface area contributed by atoms with Crippen LogP contribution in [0.2, 0.25) is 0 Å². The lowest BCUT2D eigenvalue weighted by Crippen LogP contribution is -2.54. The van der Waals surface area contributed by atoms with Crippen molar-refractivity contribution >= 4 is 0 Å². The molecule has 0 radical (unpaired) electrons. The highest BCUT2D eigenvalue weighted by Gasteiger charge is 2.44. The topological polar surface area (TPSA) is 47.7 Å². The van der Waals surface area contributed by atoms with Gasteiger partial charge in [0.2, 0.25) is 0 Å². The van der Waals surface area contributed by atoms with Gasteiger partial charge in [0.05, 0.1) is 13.2 Å². The molecule has 1 heterocycles. The summed E-state index contributed by atoms with van der Waals surface area (Å²) in [6.45, 7) is 1.44. The van der Waals surface area contributed by atoms with Gasteiger partial charge in [0.15, 0.2) is 5.79 Å². The maximum Gasteiger partial charge on any atom is 0.170 e. The van der Waals surface area contributed by atoms with Gasteiger partial charge in [0.1, 0.15) is 0 Å². The lowest BCUT2D eigenvalue weighted by Gasteiger charge is -2.41. The monoisotopic (exact) mass is 200 g/mol. The van der Waals surface area contributed by atoms with Gasteiger partial charge in [-0.1, -0.05) is 0 Å². The lowest BCUT2D eigenvalue weighted by molar-refractivity contribution is -0.186. The largest absolute Gasteiger partial charge is 0.347 e. The van der Waals surface area contributed by atoms with Crippen LogP contribution >= 0.6 is 0 Å². The van der Waals surface area contributed by atoms with Gasteiger partial charge in [0.25, 0.3) is 0 Å². The van der Waals surface area contributed by atoms with Crippen molar-refractivity contribution in [2.24, 2.45) is 5.73 Å². The van der Waals surface area contributed by atoms with Crippen molar-refractivity contribution in [3.63, 3.8) is 0 Å². The van der Waals surface area contributed by atoms with Gasteiger partial charge in [-0.2, -0.15) is 0 Å². The average Bonchev–Trinajstić information content (AvgIpc) is 2.52. The van der Waals surface area contributed by atoms with Crippen LogP contribution in [0.15, 0.2) is 0 Å². The van der Waals surface area contributed by atoms with E-state index >= 15 is 0 Å². The predicted octanol–water partition coefficient (Wildman–Crippen LogP) is 0.171. The number of hydrogen-bond acceptors (Lipinski definition) is 4. The Bertz CT molecular complexity index is 202. The molecule has 0 unspecified atom stereocenters. The van der Waals surface area contributed by atoms with E-state index in [0.717, 1.165) is 32.5 Å². The van der Waals surface area contributed by atoms with Crippen molar-refractivity contribution in [1.29, 1.82) is 0 Å². The highest BCUT2D eigenvalue weighted by atomic mass is 16.7. The minimum Gasteiger partial charge on any atom is -0.347 e. The van der Waals surface area contributed by atoms with Gasteiger partial charge >= 0.3 is 0 Å². The Balaban J connectivity index is 1.98. The second-order valence-electron chi connectivity index (χ2n) is 4.55. The molecule has 0 bridgehead atoms. The Kier molecular flexibility index (Phi) is 2.79. The summed E-state index contributed by atoms with van der Waals surface area (Å²) in [6, 6.07) is 0.630. The first kappa shape index (κ1) is 10.4. The van der Waals surface area contributed by atoms with Crippen LogP contribution in [0.4, 0.5) is 0 Å². The molecule has 2 atom stereocenters. The smallest absolute Gasteiger partial charge is 0.170 e. The molecule has 4 nitrogen and oxygen atoms in total. The van der Waals surface area contributed by atoms with E-state index in [1.807, 2.05) is 0 Å². The maximum absolute atomic E-state index is 6.13. The summed E-state index contributed by atoms with van der Waals surface area (Å²) in [7, 11) is 4.16.